The van der Waals surface area contributed by atoms with E-state index in [-0.39, 0.29) is 56.4 Å². The van der Waals surface area contributed by atoms with Crippen molar-refractivity contribution < 1.29 is 51.0 Å². The van der Waals surface area contributed by atoms with E-state index < -0.39 is 0 Å². The molecule has 18 heavy (non-hydrogen) atoms. The van der Waals surface area contributed by atoms with Gasteiger partial charge in [-0.2, -0.15) is 12.2 Å². The van der Waals surface area contributed by atoms with E-state index in [0.717, 1.165) is 12.8 Å². The van der Waals surface area contributed by atoms with Crippen molar-refractivity contribution >= 4 is 0 Å². The number of hydrogen-bond donors (Lipinski definition) is 0. The first-order chi connectivity index (χ1) is 7.03. The summed E-state index contributed by atoms with van der Waals surface area (Å²) < 4.78 is 0. The van der Waals surface area contributed by atoms with Crippen LogP contribution < -0.4 is 24.8 Å². The predicted octanol–water partition coefficient (Wildman–Crippen LogP) is -1.82. The molecule has 0 aliphatic heterocycles. The monoisotopic (exact) mass is 358 g/mol. The summed E-state index contributed by atoms with van der Waals surface area (Å²) in [6.07, 6.45) is 13.4. The van der Waals surface area contributed by atoms with Crippen LogP contribution in [0.15, 0.2) is 34.4 Å². The molecule has 0 saturated heterocycles. The van der Waals surface area contributed by atoms with Crippen molar-refractivity contribution in [1.82, 2.24) is 0 Å². The van der Waals surface area contributed by atoms with Crippen LogP contribution >= 0.6 is 0 Å². The van der Waals surface area contributed by atoms with E-state index in [1.54, 1.807) is 0 Å². The van der Waals surface area contributed by atoms with Gasteiger partial charge < -0.3 is 24.8 Å². The second-order valence-electron chi connectivity index (χ2n) is 4.91. The van der Waals surface area contributed by atoms with Crippen molar-refractivity contribution in [3.05, 3.63) is 46.6 Å². The zero-order valence-corrected chi connectivity index (χ0v) is 15.3. The summed E-state index contributed by atoms with van der Waals surface area (Å²) in [7, 11) is 0. The molecule has 96 valence electrons. The average molecular weight is 360 g/mol. The standard InChI is InChI=1S/C15H18.2ClH.Zr/c1-11-7-5-9-13(11)15(3,4)14-10-6-8-12(14)2;;;/h7-8H,5-6H2,1-4H3;2*1H;/q-2;;;+4/p-2. The molecule has 0 spiro atoms. The average Bonchev–Trinajstić information content (AvgIpc) is 2.73. The Labute approximate surface area is 143 Å². The molecule has 3 heteroatoms. The third kappa shape index (κ3) is 3.72. The van der Waals surface area contributed by atoms with Gasteiger partial charge >= 0.3 is 26.2 Å². The summed E-state index contributed by atoms with van der Waals surface area (Å²) in [6, 6.07) is 0. The third-order valence-electron chi connectivity index (χ3n) is 3.41. The van der Waals surface area contributed by atoms with E-state index in [4.69, 9.17) is 0 Å². The SMILES string of the molecule is CC1=CC[C-]=C1C(C)(C)C1=[C-]CC=C1C.[Cl-].[Cl-].[Zr+4]. The van der Waals surface area contributed by atoms with Crippen molar-refractivity contribution in [2.24, 2.45) is 5.41 Å². The Hall–Kier alpha value is 0.423. The van der Waals surface area contributed by atoms with Gasteiger partial charge in [0, 0.05) is 0 Å². The molecule has 0 fully saturated rings. The normalized spacial score (nSPS) is 17.6. The van der Waals surface area contributed by atoms with Gasteiger partial charge in [-0.3, -0.25) is 12.2 Å². The molecular weight excluding hydrogens is 342 g/mol. The topological polar surface area (TPSA) is 0 Å². The van der Waals surface area contributed by atoms with Crippen LogP contribution in [0, 0.1) is 17.6 Å². The molecular formula is C15H18Cl2Zr. The van der Waals surface area contributed by atoms with Gasteiger partial charge in [0.15, 0.2) is 0 Å². The van der Waals surface area contributed by atoms with Crippen LogP contribution in [0.1, 0.15) is 40.5 Å². The van der Waals surface area contributed by atoms with E-state index in [2.05, 4.69) is 52.0 Å². The van der Waals surface area contributed by atoms with E-state index in [1.807, 2.05) is 0 Å². The summed E-state index contributed by atoms with van der Waals surface area (Å²) >= 11 is 0. The molecule has 0 aromatic carbocycles. The van der Waals surface area contributed by atoms with Gasteiger partial charge in [0.1, 0.15) is 0 Å². The van der Waals surface area contributed by atoms with Crippen LogP contribution in [-0.4, -0.2) is 0 Å². The molecule has 0 saturated carbocycles. The molecule has 0 atom stereocenters. The van der Waals surface area contributed by atoms with E-state index in [0.29, 0.717) is 0 Å². The molecule has 2 rings (SSSR count). The molecule has 0 radical (unpaired) electrons. The van der Waals surface area contributed by atoms with Gasteiger partial charge in [-0.15, -0.1) is 26.7 Å². The van der Waals surface area contributed by atoms with Gasteiger partial charge in [-0.1, -0.05) is 19.3 Å². The van der Waals surface area contributed by atoms with E-state index in [9.17, 15) is 0 Å². The summed E-state index contributed by atoms with van der Waals surface area (Å²) in [5, 5.41) is 0. The number of hydrogen-bond acceptors (Lipinski definition) is 0. The Morgan fingerprint density at radius 1 is 0.889 bits per heavy atom. The van der Waals surface area contributed by atoms with Gasteiger partial charge in [0.25, 0.3) is 0 Å². The Bertz CT molecular complexity index is 374. The Morgan fingerprint density at radius 2 is 1.22 bits per heavy atom. The molecule has 0 amide bonds. The largest absolute Gasteiger partial charge is 4.00 e. The summed E-state index contributed by atoms with van der Waals surface area (Å²) in [5.74, 6) is 0. The number of halogens is 2. The van der Waals surface area contributed by atoms with Crippen LogP contribution in [0.4, 0.5) is 0 Å². The van der Waals surface area contributed by atoms with E-state index in [1.165, 1.54) is 22.3 Å². The maximum atomic E-state index is 3.48. The fourth-order valence-corrected chi connectivity index (χ4v) is 2.65. The summed E-state index contributed by atoms with van der Waals surface area (Å²) in [4.78, 5) is 0. The minimum Gasteiger partial charge on any atom is -1.00 e. The molecule has 0 unspecified atom stereocenters. The maximum absolute atomic E-state index is 3.48. The summed E-state index contributed by atoms with van der Waals surface area (Å²) in [5.41, 5.74) is 5.57. The van der Waals surface area contributed by atoms with Crippen LogP contribution in [0.3, 0.4) is 0 Å². The molecule has 0 heterocycles. The Morgan fingerprint density at radius 3 is 1.44 bits per heavy atom. The fraction of sp³-hybridized carbons (Fsp3) is 0.467. The Balaban J connectivity index is 0. The molecule has 2 aliphatic rings. The molecule has 2 aliphatic carbocycles. The first-order valence-corrected chi connectivity index (χ1v) is 5.60. The second-order valence-corrected chi connectivity index (χ2v) is 4.91. The minimum atomic E-state index is 0. The molecule has 0 aromatic heterocycles. The molecule has 0 bridgehead atoms. The smallest absolute Gasteiger partial charge is 1.00 e. The quantitative estimate of drug-likeness (QED) is 0.509. The molecule has 0 N–H and O–H groups in total. The first kappa shape index (κ1) is 20.7. The Kier molecular flexibility index (Phi) is 9.08. The van der Waals surface area contributed by atoms with Crippen molar-refractivity contribution in [3.63, 3.8) is 0 Å². The van der Waals surface area contributed by atoms with Crippen LogP contribution in [-0.2, 0) is 26.2 Å². The van der Waals surface area contributed by atoms with Crippen molar-refractivity contribution in [2.45, 2.75) is 40.5 Å². The zero-order chi connectivity index (χ0) is 11.1. The number of allylic oxidation sites excluding steroid dienone is 8. The van der Waals surface area contributed by atoms with Crippen molar-refractivity contribution in [1.29, 1.82) is 0 Å². The van der Waals surface area contributed by atoms with Gasteiger partial charge in [0.05, 0.1) is 0 Å². The maximum Gasteiger partial charge on any atom is 4.00 e. The zero-order valence-electron chi connectivity index (χ0n) is 11.3. The van der Waals surface area contributed by atoms with Gasteiger partial charge in [-0.25, -0.2) is 22.3 Å². The fourth-order valence-electron chi connectivity index (χ4n) is 2.65. The van der Waals surface area contributed by atoms with Crippen LogP contribution in [0.5, 0.6) is 0 Å². The second kappa shape index (κ2) is 7.88. The van der Waals surface area contributed by atoms with Crippen molar-refractivity contribution in [2.75, 3.05) is 0 Å². The third-order valence-corrected chi connectivity index (χ3v) is 3.41. The van der Waals surface area contributed by atoms with Crippen LogP contribution in [0.2, 0.25) is 0 Å². The van der Waals surface area contributed by atoms with Crippen LogP contribution in [0.25, 0.3) is 0 Å². The van der Waals surface area contributed by atoms with Crippen molar-refractivity contribution in [3.8, 4) is 0 Å². The summed E-state index contributed by atoms with van der Waals surface area (Å²) in [6.45, 7) is 8.93. The molecule has 0 nitrogen and oxygen atoms in total. The van der Waals surface area contributed by atoms with Gasteiger partial charge in [0.2, 0.25) is 0 Å². The first-order valence-electron chi connectivity index (χ1n) is 5.60. The minimum absolute atomic E-state index is 0. The van der Waals surface area contributed by atoms with E-state index >= 15 is 0 Å². The predicted molar refractivity (Wildman–Crippen MR) is 64.0 cm³/mol. The molecule has 0 aromatic rings. The van der Waals surface area contributed by atoms with Gasteiger partial charge in [-0.05, 0) is 0 Å². The number of rotatable bonds is 2.